The molecule has 2 amide bonds. The van der Waals surface area contributed by atoms with Crippen molar-refractivity contribution in [3.05, 3.63) is 106 Å². The zero-order valence-electron chi connectivity index (χ0n) is 21.5. The summed E-state index contributed by atoms with van der Waals surface area (Å²) in [5.41, 5.74) is 7.35. The second-order valence-electron chi connectivity index (χ2n) is 9.50. The Morgan fingerprint density at radius 2 is 1.68 bits per heavy atom. The molecule has 2 heterocycles. The number of carbonyl (C=O) groups is 2. The second-order valence-corrected chi connectivity index (χ2v) is 10.5. The van der Waals surface area contributed by atoms with E-state index in [0.717, 1.165) is 49.9 Å². The van der Waals surface area contributed by atoms with E-state index in [4.69, 9.17) is 5.10 Å². The molecule has 0 saturated heterocycles. The topological polar surface area (TPSA) is 67.2 Å². The molecule has 0 bridgehead atoms. The largest absolute Gasteiger partial charge is 0.350 e. The van der Waals surface area contributed by atoms with Gasteiger partial charge in [-0.1, -0.05) is 77.5 Å². The van der Waals surface area contributed by atoms with Crippen LogP contribution in [0.15, 0.2) is 77.8 Å². The third-order valence-corrected chi connectivity index (χ3v) is 7.70. The van der Waals surface area contributed by atoms with Crippen molar-refractivity contribution in [1.82, 2.24) is 15.1 Å². The molecule has 1 aromatic heterocycles. The van der Waals surface area contributed by atoms with Crippen LogP contribution in [0.25, 0.3) is 5.69 Å². The molecule has 6 nitrogen and oxygen atoms in total. The van der Waals surface area contributed by atoms with Gasteiger partial charge in [-0.25, -0.2) is 4.68 Å². The predicted octanol–water partition coefficient (Wildman–Crippen LogP) is 5.60. The van der Waals surface area contributed by atoms with Crippen LogP contribution in [-0.2, 0) is 16.1 Å². The molecule has 4 aromatic rings. The smallest absolute Gasteiger partial charge is 0.248 e. The average molecular weight is 511 g/mol. The quantitative estimate of drug-likeness (QED) is 0.379. The summed E-state index contributed by atoms with van der Waals surface area (Å²) in [5.74, 6) is -0.129. The lowest BCUT2D eigenvalue weighted by atomic mass is 10.0. The zero-order valence-corrected chi connectivity index (χ0v) is 22.3. The van der Waals surface area contributed by atoms with E-state index in [1.165, 1.54) is 11.8 Å². The highest BCUT2D eigenvalue weighted by molar-refractivity contribution is 8.00. The molecule has 0 fully saturated rings. The van der Waals surface area contributed by atoms with Crippen molar-refractivity contribution in [1.29, 1.82) is 0 Å². The van der Waals surface area contributed by atoms with E-state index >= 15 is 0 Å². The van der Waals surface area contributed by atoms with E-state index in [1.807, 2.05) is 105 Å². The van der Waals surface area contributed by atoms with Crippen LogP contribution >= 0.6 is 11.8 Å². The maximum atomic E-state index is 14.0. The van der Waals surface area contributed by atoms with Crippen LogP contribution in [0.1, 0.15) is 39.6 Å². The number of anilines is 1. The van der Waals surface area contributed by atoms with Crippen molar-refractivity contribution in [2.24, 2.45) is 0 Å². The van der Waals surface area contributed by atoms with Gasteiger partial charge in [0.15, 0.2) is 0 Å². The van der Waals surface area contributed by atoms with Crippen LogP contribution < -0.4 is 10.2 Å². The van der Waals surface area contributed by atoms with Crippen molar-refractivity contribution in [2.45, 2.75) is 45.3 Å². The fourth-order valence-corrected chi connectivity index (χ4v) is 5.86. The van der Waals surface area contributed by atoms with Gasteiger partial charge in [0.1, 0.15) is 11.1 Å². The van der Waals surface area contributed by atoms with Gasteiger partial charge >= 0.3 is 0 Å². The van der Waals surface area contributed by atoms with Crippen LogP contribution in [0, 0.1) is 27.7 Å². The van der Waals surface area contributed by atoms with Crippen LogP contribution in [0.4, 0.5) is 5.69 Å². The Morgan fingerprint density at radius 1 is 0.973 bits per heavy atom. The number of nitrogens with zero attached hydrogens (tertiary/aromatic N) is 3. The number of nitrogens with one attached hydrogen (secondary N) is 1. The van der Waals surface area contributed by atoms with E-state index < -0.39 is 6.04 Å². The molecule has 7 heteroatoms. The summed E-state index contributed by atoms with van der Waals surface area (Å²) in [4.78, 5) is 29.4. The Kier molecular flexibility index (Phi) is 6.89. The lowest BCUT2D eigenvalue weighted by Gasteiger charge is -2.31. The summed E-state index contributed by atoms with van der Waals surface area (Å²) in [5, 5.41) is 8.76. The van der Waals surface area contributed by atoms with Crippen molar-refractivity contribution in [2.75, 3.05) is 10.7 Å². The Bertz CT molecular complexity index is 1460. The Morgan fingerprint density at radius 3 is 2.38 bits per heavy atom. The average Bonchev–Trinajstić information content (AvgIpc) is 3.13. The zero-order chi connectivity index (χ0) is 26.1. The van der Waals surface area contributed by atoms with Crippen molar-refractivity contribution in [3.8, 4) is 5.69 Å². The van der Waals surface area contributed by atoms with Crippen molar-refractivity contribution < 1.29 is 9.59 Å². The molecule has 0 radical (unpaired) electrons. The van der Waals surface area contributed by atoms with Crippen molar-refractivity contribution in [3.63, 3.8) is 0 Å². The maximum Gasteiger partial charge on any atom is 0.248 e. The minimum Gasteiger partial charge on any atom is -0.350 e. The maximum absolute atomic E-state index is 14.0. The Balaban J connectivity index is 1.62. The second kappa shape index (κ2) is 10.3. The van der Waals surface area contributed by atoms with Gasteiger partial charge in [-0.2, -0.15) is 5.10 Å². The van der Waals surface area contributed by atoms with E-state index in [0.29, 0.717) is 6.54 Å². The molecule has 0 saturated carbocycles. The van der Waals surface area contributed by atoms with Crippen molar-refractivity contribution >= 4 is 29.3 Å². The van der Waals surface area contributed by atoms with E-state index in [2.05, 4.69) is 5.32 Å². The van der Waals surface area contributed by atoms with Gasteiger partial charge in [0.05, 0.1) is 17.1 Å². The molecule has 0 spiro atoms. The Labute approximate surface area is 221 Å². The molecule has 1 N–H and O–H groups in total. The number of hydrogen-bond acceptors (Lipinski definition) is 4. The summed E-state index contributed by atoms with van der Waals surface area (Å²) in [7, 11) is 0. The molecule has 37 heavy (non-hydrogen) atoms. The van der Waals surface area contributed by atoms with Gasteiger partial charge in [0.25, 0.3) is 0 Å². The summed E-state index contributed by atoms with van der Waals surface area (Å²) in [6.07, 6.45) is 0. The summed E-state index contributed by atoms with van der Waals surface area (Å²) >= 11 is 1.43. The monoisotopic (exact) mass is 510 g/mol. The molecule has 1 aliphatic rings. The van der Waals surface area contributed by atoms with Crippen LogP contribution in [-0.4, -0.2) is 27.3 Å². The molecule has 3 aromatic carbocycles. The number of aryl methyl sites for hydroxylation is 4. The first-order chi connectivity index (χ1) is 17.8. The molecule has 1 aliphatic heterocycles. The fraction of sp³-hybridized carbons (Fsp3) is 0.233. The normalized spacial score (nSPS) is 15.3. The molecular formula is C30H30N4O2S. The van der Waals surface area contributed by atoms with E-state index in [1.54, 1.807) is 4.90 Å². The summed E-state index contributed by atoms with van der Waals surface area (Å²) in [6, 6.07) is 23.0. The van der Waals surface area contributed by atoms with Gasteiger partial charge in [-0.05, 0) is 57.0 Å². The van der Waals surface area contributed by atoms with Gasteiger partial charge in [-0.15, -0.1) is 0 Å². The standard InChI is InChI=1S/C30H30N4O2S/c1-19-10-13-23(14-11-19)17-31-29(36)28-27-22(4)32-34(24-8-6-5-7-9-24)30(27)37-18-26(35)33(28)25-15-12-20(2)16-21(25)3/h5-16,28H,17-18H2,1-4H3,(H,31,36)/t28-/m0/s1. The number of para-hydroxylation sites is 1. The van der Waals surface area contributed by atoms with Crippen LogP contribution in [0.3, 0.4) is 0 Å². The van der Waals surface area contributed by atoms with Gasteiger partial charge in [0.2, 0.25) is 11.8 Å². The molecule has 0 unspecified atom stereocenters. The SMILES string of the molecule is Cc1ccc(CNC(=O)[C@@H]2c3c(C)nn(-c4ccccc4)c3SCC(=O)N2c2ccc(C)cc2C)cc1. The van der Waals surface area contributed by atoms with Crippen LogP contribution in [0.2, 0.25) is 0 Å². The minimum absolute atomic E-state index is 0.109. The number of amides is 2. The van der Waals surface area contributed by atoms with E-state index in [9.17, 15) is 9.59 Å². The molecular weight excluding hydrogens is 480 g/mol. The number of thioether (sulfide) groups is 1. The first kappa shape index (κ1) is 24.8. The van der Waals surface area contributed by atoms with Gasteiger partial charge in [0, 0.05) is 17.8 Å². The molecule has 188 valence electrons. The highest BCUT2D eigenvalue weighted by Crippen LogP contribution is 2.41. The lowest BCUT2D eigenvalue weighted by Crippen LogP contribution is -2.44. The molecule has 5 rings (SSSR count). The molecule has 1 atom stereocenters. The number of benzene rings is 3. The summed E-state index contributed by atoms with van der Waals surface area (Å²) in [6.45, 7) is 8.33. The predicted molar refractivity (Wildman–Crippen MR) is 148 cm³/mol. The third-order valence-electron chi connectivity index (χ3n) is 6.64. The van der Waals surface area contributed by atoms with Gasteiger partial charge in [-0.3, -0.25) is 14.5 Å². The molecule has 0 aliphatic carbocycles. The highest BCUT2D eigenvalue weighted by Gasteiger charge is 2.40. The van der Waals surface area contributed by atoms with E-state index in [-0.39, 0.29) is 17.6 Å². The lowest BCUT2D eigenvalue weighted by molar-refractivity contribution is -0.126. The fourth-order valence-electron chi connectivity index (χ4n) is 4.78. The number of carbonyl (C=O) groups excluding carboxylic acids is 2. The number of rotatable bonds is 5. The third kappa shape index (κ3) is 4.91. The van der Waals surface area contributed by atoms with Gasteiger partial charge < -0.3 is 5.32 Å². The summed E-state index contributed by atoms with van der Waals surface area (Å²) < 4.78 is 1.86. The number of hydrogen-bond donors (Lipinski definition) is 1. The Hall–Kier alpha value is -3.84. The number of aromatic nitrogens is 2. The highest BCUT2D eigenvalue weighted by atomic mass is 32.2. The first-order valence-electron chi connectivity index (χ1n) is 12.3. The first-order valence-corrected chi connectivity index (χ1v) is 13.3. The number of fused-ring (bicyclic) bond motifs is 1. The van der Waals surface area contributed by atoms with Crippen LogP contribution in [0.5, 0.6) is 0 Å². The minimum atomic E-state index is -0.846.